The van der Waals surface area contributed by atoms with E-state index in [2.05, 4.69) is 30.1 Å². The summed E-state index contributed by atoms with van der Waals surface area (Å²) in [5.74, 6) is 2.48. The Kier molecular flexibility index (Phi) is 4.96. The minimum Gasteiger partial charge on any atom is -0.419 e. The molecule has 0 aliphatic carbocycles. The summed E-state index contributed by atoms with van der Waals surface area (Å²) in [6, 6.07) is 7.37. The Hall–Kier alpha value is -2.29. The van der Waals surface area contributed by atoms with Crippen LogP contribution in [0.25, 0.3) is 11.5 Å². The minimum atomic E-state index is 0.516. The Morgan fingerprint density at radius 3 is 2.35 bits per heavy atom. The van der Waals surface area contributed by atoms with E-state index in [1.165, 1.54) is 0 Å². The quantitative estimate of drug-likeness (QED) is 0.673. The molecule has 1 aromatic carbocycles. The van der Waals surface area contributed by atoms with Crippen LogP contribution in [0, 0.1) is 6.92 Å². The monoisotopic (exact) mass is 374 g/mol. The standard InChI is InChI=1S/C17H19ClN6O2/c1-12-19-15(22-26-12)10-23-6-8-24(9-7-23)11-16-20-21-17(25-16)13-2-4-14(18)5-3-13/h2-5H,6-11H2,1H3. The van der Waals surface area contributed by atoms with Crippen LogP contribution in [-0.2, 0) is 13.1 Å². The highest BCUT2D eigenvalue weighted by Gasteiger charge is 2.20. The summed E-state index contributed by atoms with van der Waals surface area (Å²) in [6.45, 7) is 6.89. The van der Waals surface area contributed by atoms with E-state index < -0.39 is 0 Å². The van der Waals surface area contributed by atoms with Crippen LogP contribution in [0.3, 0.4) is 0 Å². The van der Waals surface area contributed by atoms with Crippen LogP contribution in [0.1, 0.15) is 17.6 Å². The molecule has 0 atom stereocenters. The fourth-order valence-corrected chi connectivity index (χ4v) is 3.05. The smallest absolute Gasteiger partial charge is 0.247 e. The molecule has 26 heavy (non-hydrogen) atoms. The molecule has 1 aliphatic rings. The van der Waals surface area contributed by atoms with E-state index in [1.54, 1.807) is 6.92 Å². The zero-order valence-electron chi connectivity index (χ0n) is 14.4. The van der Waals surface area contributed by atoms with Gasteiger partial charge in [0.25, 0.3) is 0 Å². The van der Waals surface area contributed by atoms with Gasteiger partial charge >= 0.3 is 0 Å². The number of halogens is 1. The van der Waals surface area contributed by atoms with Crippen LogP contribution in [0.2, 0.25) is 5.02 Å². The molecule has 1 fully saturated rings. The molecule has 3 heterocycles. The first-order valence-corrected chi connectivity index (χ1v) is 8.86. The fourth-order valence-electron chi connectivity index (χ4n) is 2.93. The highest BCUT2D eigenvalue weighted by molar-refractivity contribution is 6.30. The van der Waals surface area contributed by atoms with Crippen LogP contribution in [-0.4, -0.2) is 56.3 Å². The highest BCUT2D eigenvalue weighted by atomic mass is 35.5. The van der Waals surface area contributed by atoms with E-state index in [9.17, 15) is 0 Å². The number of nitrogens with zero attached hydrogens (tertiary/aromatic N) is 6. The molecule has 2 aromatic heterocycles. The highest BCUT2D eigenvalue weighted by Crippen LogP contribution is 2.21. The number of hydrogen-bond donors (Lipinski definition) is 0. The molecule has 3 aromatic rings. The van der Waals surface area contributed by atoms with Crippen molar-refractivity contribution in [3.63, 3.8) is 0 Å². The van der Waals surface area contributed by atoms with Crippen molar-refractivity contribution in [2.45, 2.75) is 20.0 Å². The van der Waals surface area contributed by atoms with Gasteiger partial charge in [0.2, 0.25) is 17.7 Å². The number of rotatable bonds is 5. The summed E-state index contributed by atoms with van der Waals surface area (Å²) < 4.78 is 10.8. The van der Waals surface area contributed by atoms with Gasteiger partial charge in [-0.25, -0.2) is 0 Å². The van der Waals surface area contributed by atoms with E-state index in [0.717, 1.165) is 37.6 Å². The lowest BCUT2D eigenvalue weighted by atomic mass is 10.2. The predicted molar refractivity (Wildman–Crippen MR) is 94.3 cm³/mol. The molecule has 136 valence electrons. The summed E-state index contributed by atoms with van der Waals surface area (Å²) in [4.78, 5) is 8.87. The van der Waals surface area contributed by atoms with Crippen LogP contribution in [0.5, 0.6) is 0 Å². The summed E-state index contributed by atoms with van der Waals surface area (Å²) in [5.41, 5.74) is 0.869. The lowest BCUT2D eigenvalue weighted by Crippen LogP contribution is -2.45. The molecule has 0 saturated carbocycles. The van der Waals surface area contributed by atoms with Crippen molar-refractivity contribution in [2.75, 3.05) is 26.2 Å². The van der Waals surface area contributed by atoms with Gasteiger partial charge in [0.1, 0.15) is 0 Å². The Balaban J connectivity index is 1.30. The van der Waals surface area contributed by atoms with E-state index in [-0.39, 0.29) is 0 Å². The van der Waals surface area contributed by atoms with E-state index >= 15 is 0 Å². The van der Waals surface area contributed by atoms with Crippen molar-refractivity contribution in [2.24, 2.45) is 0 Å². The zero-order valence-corrected chi connectivity index (χ0v) is 15.2. The molecule has 4 rings (SSSR count). The summed E-state index contributed by atoms with van der Waals surface area (Å²) in [6.07, 6.45) is 0. The van der Waals surface area contributed by atoms with Crippen molar-refractivity contribution < 1.29 is 8.94 Å². The van der Waals surface area contributed by atoms with Gasteiger partial charge in [-0.05, 0) is 24.3 Å². The normalized spacial score (nSPS) is 16.2. The molecule has 0 amide bonds. The molecular formula is C17H19ClN6O2. The first kappa shape index (κ1) is 17.1. The van der Waals surface area contributed by atoms with E-state index in [0.29, 0.717) is 35.8 Å². The molecule has 0 radical (unpaired) electrons. The van der Waals surface area contributed by atoms with Gasteiger partial charge in [0, 0.05) is 43.7 Å². The maximum absolute atomic E-state index is 5.91. The first-order chi connectivity index (χ1) is 12.7. The van der Waals surface area contributed by atoms with Gasteiger partial charge in [-0.1, -0.05) is 16.8 Å². The average molecular weight is 375 g/mol. The van der Waals surface area contributed by atoms with Gasteiger partial charge in [-0.3, -0.25) is 9.80 Å². The zero-order chi connectivity index (χ0) is 17.9. The molecule has 1 aliphatic heterocycles. The molecule has 9 heteroatoms. The number of piperazine rings is 1. The Morgan fingerprint density at radius 1 is 1.00 bits per heavy atom. The van der Waals surface area contributed by atoms with Crippen molar-refractivity contribution >= 4 is 11.6 Å². The van der Waals surface area contributed by atoms with Gasteiger partial charge in [-0.2, -0.15) is 4.98 Å². The Morgan fingerprint density at radius 2 is 1.69 bits per heavy atom. The van der Waals surface area contributed by atoms with Crippen LogP contribution >= 0.6 is 11.6 Å². The topological polar surface area (TPSA) is 84.3 Å². The maximum Gasteiger partial charge on any atom is 0.247 e. The van der Waals surface area contributed by atoms with Crippen LogP contribution < -0.4 is 0 Å². The molecule has 0 unspecified atom stereocenters. The maximum atomic E-state index is 5.91. The minimum absolute atomic E-state index is 0.516. The third-order valence-electron chi connectivity index (χ3n) is 4.32. The molecule has 1 saturated heterocycles. The second-order valence-corrected chi connectivity index (χ2v) is 6.73. The molecule has 0 bridgehead atoms. The summed E-state index contributed by atoms with van der Waals surface area (Å²) in [5, 5.41) is 12.9. The molecule has 8 nitrogen and oxygen atoms in total. The Labute approximate surface area is 155 Å². The summed E-state index contributed by atoms with van der Waals surface area (Å²) in [7, 11) is 0. The molecule has 0 N–H and O–H groups in total. The second-order valence-electron chi connectivity index (χ2n) is 6.29. The third kappa shape index (κ3) is 4.09. The van der Waals surface area contributed by atoms with E-state index in [1.807, 2.05) is 24.3 Å². The number of benzene rings is 1. The molecule has 0 spiro atoms. The van der Waals surface area contributed by atoms with Crippen molar-refractivity contribution in [1.82, 2.24) is 30.1 Å². The lowest BCUT2D eigenvalue weighted by molar-refractivity contribution is 0.112. The Bertz CT molecular complexity index is 854. The first-order valence-electron chi connectivity index (χ1n) is 8.48. The van der Waals surface area contributed by atoms with E-state index in [4.69, 9.17) is 20.5 Å². The lowest BCUT2D eigenvalue weighted by Gasteiger charge is -2.33. The van der Waals surface area contributed by atoms with Crippen LogP contribution in [0.15, 0.2) is 33.2 Å². The van der Waals surface area contributed by atoms with Crippen molar-refractivity contribution in [3.05, 3.63) is 46.9 Å². The van der Waals surface area contributed by atoms with Gasteiger partial charge in [0.05, 0.1) is 13.1 Å². The van der Waals surface area contributed by atoms with Gasteiger partial charge in [-0.15, -0.1) is 10.2 Å². The van der Waals surface area contributed by atoms with Crippen molar-refractivity contribution in [3.8, 4) is 11.5 Å². The number of aryl methyl sites for hydroxylation is 1. The van der Waals surface area contributed by atoms with Gasteiger partial charge < -0.3 is 8.94 Å². The molecular weight excluding hydrogens is 356 g/mol. The third-order valence-corrected chi connectivity index (χ3v) is 4.57. The fraction of sp³-hybridized carbons (Fsp3) is 0.412. The SMILES string of the molecule is Cc1nc(CN2CCN(Cc3nnc(-c4ccc(Cl)cc4)o3)CC2)no1. The van der Waals surface area contributed by atoms with Crippen LogP contribution in [0.4, 0.5) is 0 Å². The van der Waals surface area contributed by atoms with Gasteiger partial charge in [0.15, 0.2) is 5.82 Å². The number of hydrogen-bond acceptors (Lipinski definition) is 8. The second kappa shape index (κ2) is 7.53. The number of aromatic nitrogens is 4. The predicted octanol–water partition coefficient (Wildman–Crippen LogP) is 2.40. The van der Waals surface area contributed by atoms with Crippen molar-refractivity contribution in [1.29, 1.82) is 0 Å². The largest absolute Gasteiger partial charge is 0.419 e. The summed E-state index contributed by atoms with van der Waals surface area (Å²) >= 11 is 5.91. The average Bonchev–Trinajstić information content (AvgIpc) is 3.26.